The standard InChI is InChI=1S/C20H29FN4O/c1-22-20(23-19-12-17(19)16-4-2-3-5-18(16)21)25-7-6-15(14-25)13-24-8-10-26-11-9-24/h2-5,15,17,19H,6-14H2,1H3,(H,22,23). The van der Waals surface area contributed by atoms with Gasteiger partial charge in [-0.25, -0.2) is 4.39 Å². The highest BCUT2D eigenvalue weighted by Gasteiger charge is 2.41. The van der Waals surface area contributed by atoms with Gasteiger partial charge in [0.2, 0.25) is 0 Å². The topological polar surface area (TPSA) is 40.1 Å². The smallest absolute Gasteiger partial charge is 0.193 e. The van der Waals surface area contributed by atoms with Crippen LogP contribution in [0.5, 0.6) is 0 Å². The lowest BCUT2D eigenvalue weighted by Crippen LogP contribution is -2.43. The van der Waals surface area contributed by atoms with Crippen LogP contribution in [0.15, 0.2) is 29.3 Å². The van der Waals surface area contributed by atoms with Crippen molar-refractivity contribution in [2.75, 3.05) is 53.0 Å². The molecule has 0 aromatic heterocycles. The Bertz CT molecular complexity index is 646. The molecule has 1 saturated carbocycles. The molecule has 2 saturated heterocycles. The largest absolute Gasteiger partial charge is 0.379 e. The summed E-state index contributed by atoms with van der Waals surface area (Å²) in [6.45, 7) is 7.07. The predicted molar refractivity (Wildman–Crippen MR) is 101 cm³/mol. The van der Waals surface area contributed by atoms with Crippen molar-refractivity contribution in [3.8, 4) is 0 Å². The van der Waals surface area contributed by atoms with E-state index in [1.807, 2.05) is 19.2 Å². The Kier molecular flexibility index (Phi) is 5.41. The van der Waals surface area contributed by atoms with Crippen LogP contribution in [0.3, 0.4) is 0 Å². The van der Waals surface area contributed by atoms with Gasteiger partial charge in [-0.3, -0.25) is 9.89 Å². The number of aliphatic imine (C=N–C) groups is 1. The van der Waals surface area contributed by atoms with Gasteiger partial charge in [-0.1, -0.05) is 18.2 Å². The minimum atomic E-state index is -0.0939. The fraction of sp³-hybridized carbons (Fsp3) is 0.650. The highest BCUT2D eigenvalue weighted by atomic mass is 19.1. The molecule has 3 fully saturated rings. The van der Waals surface area contributed by atoms with Gasteiger partial charge in [0.25, 0.3) is 0 Å². The van der Waals surface area contributed by atoms with Crippen molar-refractivity contribution in [1.29, 1.82) is 0 Å². The average Bonchev–Trinajstić information content (AvgIpc) is 3.28. The van der Waals surface area contributed by atoms with Crippen LogP contribution >= 0.6 is 0 Å². The van der Waals surface area contributed by atoms with Crippen molar-refractivity contribution in [1.82, 2.24) is 15.1 Å². The van der Waals surface area contributed by atoms with E-state index < -0.39 is 0 Å². The summed E-state index contributed by atoms with van der Waals surface area (Å²) in [4.78, 5) is 9.37. The molecule has 1 N–H and O–H groups in total. The van der Waals surface area contributed by atoms with Gasteiger partial charge in [0.15, 0.2) is 5.96 Å². The molecule has 3 aliphatic rings. The van der Waals surface area contributed by atoms with E-state index in [0.717, 1.165) is 63.9 Å². The Balaban J connectivity index is 1.28. The number of guanidine groups is 1. The number of ether oxygens (including phenoxy) is 1. The number of likely N-dealkylation sites (tertiary alicyclic amines) is 1. The van der Waals surface area contributed by atoms with Crippen molar-refractivity contribution < 1.29 is 9.13 Å². The molecule has 0 radical (unpaired) electrons. The lowest BCUT2D eigenvalue weighted by atomic mass is 10.1. The summed E-state index contributed by atoms with van der Waals surface area (Å²) in [5.41, 5.74) is 0.826. The molecule has 0 amide bonds. The first-order valence-electron chi connectivity index (χ1n) is 9.77. The number of nitrogens with zero attached hydrogens (tertiary/aromatic N) is 3. The van der Waals surface area contributed by atoms with E-state index in [9.17, 15) is 4.39 Å². The van der Waals surface area contributed by atoms with Crippen molar-refractivity contribution in [2.45, 2.75) is 24.8 Å². The van der Waals surface area contributed by atoms with E-state index in [1.165, 1.54) is 6.42 Å². The van der Waals surface area contributed by atoms with Crippen LogP contribution in [0.25, 0.3) is 0 Å². The van der Waals surface area contributed by atoms with E-state index >= 15 is 0 Å². The summed E-state index contributed by atoms with van der Waals surface area (Å²) in [5.74, 6) is 1.83. The van der Waals surface area contributed by atoms with Gasteiger partial charge in [-0.05, 0) is 30.4 Å². The van der Waals surface area contributed by atoms with E-state index in [-0.39, 0.29) is 11.7 Å². The number of hydrogen-bond donors (Lipinski definition) is 1. The normalized spacial score (nSPS) is 29.8. The van der Waals surface area contributed by atoms with Crippen LogP contribution in [0.2, 0.25) is 0 Å². The second kappa shape index (κ2) is 7.92. The van der Waals surface area contributed by atoms with Crippen LogP contribution in [0.4, 0.5) is 4.39 Å². The molecule has 3 unspecified atom stereocenters. The first-order valence-corrected chi connectivity index (χ1v) is 9.77. The van der Waals surface area contributed by atoms with Crippen molar-refractivity contribution in [3.63, 3.8) is 0 Å². The molecule has 1 aliphatic carbocycles. The Labute approximate surface area is 155 Å². The molecule has 142 valence electrons. The number of hydrogen-bond acceptors (Lipinski definition) is 3. The Morgan fingerprint density at radius 3 is 2.85 bits per heavy atom. The maximum absolute atomic E-state index is 14.0. The molecule has 0 spiro atoms. The monoisotopic (exact) mass is 360 g/mol. The summed E-state index contributed by atoms with van der Waals surface area (Å²) >= 11 is 0. The number of nitrogens with one attached hydrogen (secondary N) is 1. The van der Waals surface area contributed by atoms with Crippen molar-refractivity contribution in [2.24, 2.45) is 10.9 Å². The maximum atomic E-state index is 14.0. The van der Waals surface area contributed by atoms with Crippen LogP contribution in [0, 0.1) is 11.7 Å². The number of rotatable bonds is 4. The molecule has 4 rings (SSSR count). The zero-order chi connectivity index (χ0) is 17.9. The van der Waals surface area contributed by atoms with Gasteiger partial charge in [-0.2, -0.15) is 0 Å². The Hall–Kier alpha value is -1.66. The molecule has 5 nitrogen and oxygen atoms in total. The SMILES string of the molecule is CN=C(NC1CC1c1ccccc1F)N1CCC(CN2CCOCC2)C1. The van der Waals surface area contributed by atoms with Gasteiger partial charge in [0.1, 0.15) is 5.82 Å². The summed E-state index contributed by atoms with van der Waals surface area (Å²) in [6, 6.07) is 7.42. The second-order valence-corrected chi connectivity index (χ2v) is 7.68. The fourth-order valence-electron chi connectivity index (χ4n) is 4.26. The first kappa shape index (κ1) is 17.7. The molecule has 2 aliphatic heterocycles. The summed E-state index contributed by atoms with van der Waals surface area (Å²) < 4.78 is 19.4. The third-order valence-electron chi connectivity index (χ3n) is 5.83. The molecule has 1 aromatic rings. The molecule has 6 heteroatoms. The Morgan fingerprint density at radius 2 is 2.08 bits per heavy atom. The maximum Gasteiger partial charge on any atom is 0.193 e. The molecule has 2 heterocycles. The number of benzene rings is 1. The van der Waals surface area contributed by atoms with E-state index in [2.05, 4.69) is 20.1 Å². The van der Waals surface area contributed by atoms with Crippen molar-refractivity contribution >= 4 is 5.96 Å². The zero-order valence-corrected chi connectivity index (χ0v) is 15.5. The minimum absolute atomic E-state index is 0.0939. The van der Waals surface area contributed by atoms with Gasteiger partial charge >= 0.3 is 0 Å². The minimum Gasteiger partial charge on any atom is -0.379 e. The summed E-state index contributed by atoms with van der Waals surface area (Å²) in [6.07, 6.45) is 2.18. The van der Waals surface area contributed by atoms with Gasteiger partial charge < -0.3 is 15.0 Å². The predicted octanol–water partition coefficient (Wildman–Crippen LogP) is 1.91. The molecular formula is C20H29FN4O. The zero-order valence-electron chi connectivity index (χ0n) is 15.5. The van der Waals surface area contributed by atoms with Crippen LogP contribution in [-0.2, 0) is 4.74 Å². The van der Waals surface area contributed by atoms with E-state index in [4.69, 9.17) is 4.74 Å². The lowest BCUT2D eigenvalue weighted by molar-refractivity contribution is 0.0315. The molecule has 0 bridgehead atoms. The summed E-state index contributed by atoms with van der Waals surface area (Å²) in [5, 5.41) is 3.56. The van der Waals surface area contributed by atoms with Gasteiger partial charge in [-0.15, -0.1) is 0 Å². The third-order valence-corrected chi connectivity index (χ3v) is 5.83. The molecular weight excluding hydrogens is 331 g/mol. The van der Waals surface area contributed by atoms with Crippen LogP contribution in [-0.4, -0.2) is 74.8 Å². The highest BCUT2D eigenvalue weighted by molar-refractivity contribution is 5.81. The first-order chi connectivity index (χ1) is 12.7. The average molecular weight is 360 g/mol. The summed E-state index contributed by atoms with van der Waals surface area (Å²) in [7, 11) is 1.85. The lowest BCUT2D eigenvalue weighted by Gasteiger charge is -2.29. The highest BCUT2D eigenvalue weighted by Crippen LogP contribution is 2.42. The van der Waals surface area contributed by atoms with Crippen LogP contribution < -0.4 is 5.32 Å². The second-order valence-electron chi connectivity index (χ2n) is 7.68. The number of halogens is 1. The van der Waals surface area contributed by atoms with Crippen LogP contribution in [0.1, 0.15) is 24.3 Å². The molecule has 26 heavy (non-hydrogen) atoms. The van der Waals surface area contributed by atoms with Gasteiger partial charge in [0, 0.05) is 51.7 Å². The van der Waals surface area contributed by atoms with E-state index in [0.29, 0.717) is 12.0 Å². The Morgan fingerprint density at radius 1 is 1.27 bits per heavy atom. The van der Waals surface area contributed by atoms with E-state index in [1.54, 1.807) is 12.1 Å². The quantitative estimate of drug-likeness (QED) is 0.658. The van der Waals surface area contributed by atoms with Crippen molar-refractivity contribution in [3.05, 3.63) is 35.6 Å². The fourth-order valence-corrected chi connectivity index (χ4v) is 4.26. The third kappa shape index (κ3) is 4.01. The molecule has 3 atom stereocenters. The molecule has 1 aromatic carbocycles. The van der Waals surface area contributed by atoms with Gasteiger partial charge in [0.05, 0.1) is 13.2 Å². The number of morpholine rings is 1.